The van der Waals surface area contributed by atoms with Crippen LogP contribution in [0.2, 0.25) is 0 Å². The van der Waals surface area contributed by atoms with Crippen LogP contribution in [0.4, 0.5) is 0 Å². The molecule has 1 N–H and O–H groups in total. The number of carbonyl (C=O) groups excluding carboxylic acids is 1. The zero-order valence-corrected chi connectivity index (χ0v) is 12.5. The number of aromatic nitrogens is 2. The molecule has 1 aromatic rings. The van der Waals surface area contributed by atoms with Crippen LogP contribution in [-0.2, 0) is 6.42 Å². The molecule has 1 aliphatic rings. The lowest BCUT2D eigenvalue weighted by Crippen LogP contribution is -2.48. The van der Waals surface area contributed by atoms with Crippen molar-refractivity contribution in [2.24, 2.45) is 0 Å². The van der Waals surface area contributed by atoms with E-state index < -0.39 is 0 Å². The number of likely N-dealkylation sites (N-methyl/N-ethyl adjacent to an activating group) is 1. The minimum Gasteiger partial charge on any atom is -0.334 e. The molecule has 1 amide bonds. The third-order valence-corrected chi connectivity index (χ3v) is 4.31. The molecule has 6 heteroatoms. The lowest BCUT2D eigenvalue weighted by molar-refractivity contribution is 0.0666. The Balaban J connectivity index is 2.12. The van der Waals surface area contributed by atoms with E-state index in [4.69, 9.17) is 0 Å². The topological polar surface area (TPSA) is 58.1 Å². The molecule has 2 rings (SSSR count). The van der Waals surface area contributed by atoms with Gasteiger partial charge in [0.15, 0.2) is 0 Å². The average molecular weight is 282 g/mol. The van der Waals surface area contributed by atoms with Crippen molar-refractivity contribution in [3.8, 4) is 0 Å². The summed E-state index contributed by atoms with van der Waals surface area (Å²) in [6.07, 6.45) is 4.04. The van der Waals surface area contributed by atoms with Crippen molar-refractivity contribution < 1.29 is 4.79 Å². The molecule has 0 aliphatic carbocycles. The number of rotatable bonds is 5. The summed E-state index contributed by atoms with van der Waals surface area (Å²) in [5.74, 6) is 0.106. The predicted molar refractivity (Wildman–Crippen MR) is 76.5 cm³/mol. The number of hydrogen-bond acceptors (Lipinski definition) is 5. The summed E-state index contributed by atoms with van der Waals surface area (Å²) >= 11 is 1.23. The van der Waals surface area contributed by atoms with Crippen LogP contribution in [0, 0.1) is 0 Å². The summed E-state index contributed by atoms with van der Waals surface area (Å²) in [7, 11) is 0. The van der Waals surface area contributed by atoms with E-state index in [0.717, 1.165) is 55.9 Å². The van der Waals surface area contributed by atoms with Gasteiger partial charge in [-0.15, -0.1) is 5.10 Å². The highest BCUT2D eigenvalue weighted by molar-refractivity contribution is 7.08. The molecule has 1 unspecified atom stereocenters. The summed E-state index contributed by atoms with van der Waals surface area (Å²) in [5, 5.41) is 7.46. The van der Waals surface area contributed by atoms with Crippen molar-refractivity contribution in [3.05, 3.63) is 10.6 Å². The van der Waals surface area contributed by atoms with Gasteiger partial charge in [0.2, 0.25) is 0 Å². The summed E-state index contributed by atoms with van der Waals surface area (Å²) in [5.41, 5.74) is 0.861. The molecule has 5 nitrogen and oxygen atoms in total. The Labute approximate surface area is 118 Å². The first kappa shape index (κ1) is 14.4. The van der Waals surface area contributed by atoms with Gasteiger partial charge in [-0.25, -0.2) is 0 Å². The molecule has 1 aromatic heterocycles. The lowest BCUT2D eigenvalue weighted by atomic mass is 10.1. The number of piperidine rings is 1. The highest BCUT2D eigenvalue weighted by Crippen LogP contribution is 2.19. The normalized spacial score (nSPS) is 19.4. The summed E-state index contributed by atoms with van der Waals surface area (Å²) in [4.78, 5) is 15.4. The fraction of sp³-hybridized carbons (Fsp3) is 0.769. The van der Waals surface area contributed by atoms with Crippen LogP contribution >= 0.6 is 11.5 Å². The monoisotopic (exact) mass is 282 g/mol. The molecule has 1 saturated heterocycles. The zero-order valence-electron chi connectivity index (χ0n) is 11.7. The first-order valence-electron chi connectivity index (χ1n) is 7.10. The van der Waals surface area contributed by atoms with Crippen LogP contribution in [0.15, 0.2) is 0 Å². The van der Waals surface area contributed by atoms with Gasteiger partial charge < -0.3 is 10.2 Å². The lowest BCUT2D eigenvalue weighted by Gasteiger charge is -2.33. The number of amides is 1. The molecule has 1 fully saturated rings. The second-order valence-electron chi connectivity index (χ2n) is 4.89. The predicted octanol–water partition coefficient (Wildman–Crippen LogP) is 1.70. The molecule has 0 spiro atoms. The smallest absolute Gasteiger partial charge is 0.267 e. The van der Waals surface area contributed by atoms with Gasteiger partial charge in [-0.1, -0.05) is 17.8 Å². The van der Waals surface area contributed by atoms with Crippen LogP contribution in [0.3, 0.4) is 0 Å². The second kappa shape index (κ2) is 6.96. The van der Waals surface area contributed by atoms with Gasteiger partial charge >= 0.3 is 0 Å². The maximum atomic E-state index is 12.7. The van der Waals surface area contributed by atoms with Crippen molar-refractivity contribution in [3.63, 3.8) is 0 Å². The fourth-order valence-corrected chi connectivity index (χ4v) is 3.23. The number of nitrogens with zero attached hydrogens (tertiary/aromatic N) is 3. The van der Waals surface area contributed by atoms with E-state index in [9.17, 15) is 4.79 Å². The molecular formula is C13H22N4OS. The van der Waals surface area contributed by atoms with Crippen molar-refractivity contribution >= 4 is 17.4 Å². The number of nitrogens with one attached hydrogen (secondary N) is 1. The molecule has 1 atom stereocenters. The zero-order chi connectivity index (χ0) is 13.7. The van der Waals surface area contributed by atoms with Gasteiger partial charge in [0, 0.05) is 19.1 Å². The minimum atomic E-state index is 0.106. The Morgan fingerprint density at radius 2 is 2.37 bits per heavy atom. The molecule has 1 aliphatic heterocycles. The van der Waals surface area contributed by atoms with Gasteiger partial charge in [0.25, 0.3) is 5.91 Å². The van der Waals surface area contributed by atoms with Crippen LogP contribution < -0.4 is 5.32 Å². The molecule has 19 heavy (non-hydrogen) atoms. The molecule has 106 valence electrons. The fourth-order valence-electron chi connectivity index (χ4n) is 2.57. The van der Waals surface area contributed by atoms with Gasteiger partial charge in [-0.2, -0.15) is 0 Å². The van der Waals surface area contributed by atoms with Gasteiger partial charge in [0.05, 0.1) is 5.69 Å². The standard InChI is InChI=1S/C13H22N4OS/c1-3-6-11-12(19-16-15-11)13(18)17(4-2)10-7-5-8-14-9-10/h10,14H,3-9H2,1-2H3. The van der Waals surface area contributed by atoms with Crippen LogP contribution in [0.25, 0.3) is 0 Å². The van der Waals surface area contributed by atoms with E-state index in [1.165, 1.54) is 11.5 Å². The molecule has 0 saturated carbocycles. The maximum Gasteiger partial charge on any atom is 0.267 e. The Morgan fingerprint density at radius 1 is 1.53 bits per heavy atom. The number of hydrogen-bond donors (Lipinski definition) is 1. The molecular weight excluding hydrogens is 260 g/mol. The van der Waals surface area contributed by atoms with Crippen LogP contribution in [-0.4, -0.2) is 46.1 Å². The Bertz CT molecular complexity index is 415. The maximum absolute atomic E-state index is 12.7. The Hall–Kier alpha value is -1.01. The molecule has 0 bridgehead atoms. The quantitative estimate of drug-likeness (QED) is 0.893. The highest BCUT2D eigenvalue weighted by Gasteiger charge is 2.27. The van der Waals surface area contributed by atoms with Crippen LogP contribution in [0.1, 0.15) is 48.5 Å². The first-order valence-corrected chi connectivity index (χ1v) is 7.88. The van der Waals surface area contributed by atoms with E-state index in [0.29, 0.717) is 6.04 Å². The summed E-state index contributed by atoms with van der Waals surface area (Å²) in [6, 6.07) is 0.308. The minimum absolute atomic E-state index is 0.106. The molecule has 2 heterocycles. The highest BCUT2D eigenvalue weighted by atomic mass is 32.1. The largest absolute Gasteiger partial charge is 0.334 e. The van der Waals surface area contributed by atoms with Crippen molar-refractivity contribution in [2.75, 3.05) is 19.6 Å². The van der Waals surface area contributed by atoms with Gasteiger partial charge in [-0.3, -0.25) is 4.79 Å². The van der Waals surface area contributed by atoms with E-state index in [1.807, 2.05) is 11.8 Å². The van der Waals surface area contributed by atoms with Crippen molar-refractivity contribution in [1.29, 1.82) is 0 Å². The van der Waals surface area contributed by atoms with Gasteiger partial charge in [-0.05, 0) is 44.3 Å². The van der Waals surface area contributed by atoms with Crippen molar-refractivity contribution in [1.82, 2.24) is 19.8 Å². The van der Waals surface area contributed by atoms with Gasteiger partial charge in [0.1, 0.15) is 4.88 Å². The van der Waals surface area contributed by atoms with E-state index in [-0.39, 0.29) is 5.91 Å². The molecule has 0 aromatic carbocycles. The Morgan fingerprint density at radius 3 is 3.00 bits per heavy atom. The third-order valence-electron chi connectivity index (χ3n) is 3.55. The summed E-state index contributed by atoms with van der Waals surface area (Å²) in [6.45, 7) is 6.84. The Kier molecular flexibility index (Phi) is 5.27. The summed E-state index contributed by atoms with van der Waals surface area (Å²) < 4.78 is 3.95. The number of carbonyl (C=O) groups is 1. The first-order chi connectivity index (χ1) is 9.27. The molecule has 0 radical (unpaired) electrons. The van der Waals surface area contributed by atoms with Crippen molar-refractivity contribution in [2.45, 2.75) is 45.6 Å². The van der Waals surface area contributed by atoms with E-state index in [2.05, 4.69) is 21.8 Å². The number of aryl methyl sites for hydroxylation is 1. The SMILES string of the molecule is CCCc1nnsc1C(=O)N(CC)C1CCCNC1. The van der Waals surface area contributed by atoms with Crippen LogP contribution in [0.5, 0.6) is 0 Å². The van der Waals surface area contributed by atoms with E-state index in [1.54, 1.807) is 0 Å². The van der Waals surface area contributed by atoms with E-state index >= 15 is 0 Å². The second-order valence-corrected chi connectivity index (χ2v) is 5.64. The average Bonchev–Trinajstić information content (AvgIpc) is 2.89. The third kappa shape index (κ3) is 3.30.